The molecule has 0 aliphatic heterocycles. The lowest BCUT2D eigenvalue weighted by molar-refractivity contribution is 0.185. The van der Waals surface area contributed by atoms with E-state index in [0.717, 1.165) is 37.9 Å². The Morgan fingerprint density at radius 2 is 2.00 bits per heavy atom. The van der Waals surface area contributed by atoms with E-state index in [1.807, 2.05) is 0 Å². The second-order valence-electron chi connectivity index (χ2n) is 5.29. The standard InChI is InChI=1S/C16H25ClFNO/c1-4-16(5-2,12-19-8-9-20-3)11-13-6-7-14(18)10-15(13)17/h6-7,10,19H,4-5,8-9,11-12H2,1-3H3. The molecule has 0 atom stereocenters. The number of halogens is 2. The van der Waals surface area contributed by atoms with Crippen molar-refractivity contribution in [3.63, 3.8) is 0 Å². The molecule has 0 fully saturated rings. The average Bonchev–Trinajstić information content (AvgIpc) is 2.45. The van der Waals surface area contributed by atoms with Gasteiger partial charge in [-0.25, -0.2) is 4.39 Å². The molecule has 1 aromatic carbocycles. The molecular formula is C16H25ClFNO. The number of ether oxygens (including phenoxy) is 1. The van der Waals surface area contributed by atoms with Gasteiger partial charge in [0.1, 0.15) is 5.82 Å². The van der Waals surface area contributed by atoms with Gasteiger partial charge in [0, 0.05) is 25.2 Å². The van der Waals surface area contributed by atoms with Gasteiger partial charge in [0.2, 0.25) is 0 Å². The first-order valence-corrected chi connectivity index (χ1v) is 7.58. The first-order valence-electron chi connectivity index (χ1n) is 7.20. The minimum absolute atomic E-state index is 0.148. The van der Waals surface area contributed by atoms with E-state index in [2.05, 4.69) is 19.2 Å². The van der Waals surface area contributed by atoms with Crippen LogP contribution < -0.4 is 5.32 Å². The third-order valence-corrected chi connectivity index (χ3v) is 4.42. The summed E-state index contributed by atoms with van der Waals surface area (Å²) in [6, 6.07) is 4.67. The molecule has 1 aromatic rings. The van der Waals surface area contributed by atoms with Crippen molar-refractivity contribution in [2.24, 2.45) is 5.41 Å². The number of hydrogen-bond donors (Lipinski definition) is 1. The Labute approximate surface area is 126 Å². The van der Waals surface area contributed by atoms with Crippen molar-refractivity contribution < 1.29 is 9.13 Å². The Balaban J connectivity index is 2.74. The van der Waals surface area contributed by atoms with Gasteiger partial charge in [0.05, 0.1) is 6.61 Å². The summed E-state index contributed by atoms with van der Waals surface area (Å²) in [5.41, 5.74) is 1.17. The third-order valence-electron chi connectivity index (χ3n) is 4.06. The van der Waals surface area contributed by atoms with E-state index in [-0.39, 0.29) is 11.2 Å². The number of rotatable bonds is 9. The van der Waals surface area contributed by atoms with Gasteiger partial charge in [-0.05, 0) is 42.4 Å². The van der Waals surface area contributed by atoms with Gasteiger partial charge in [-0.1, -0.05) is 31.5 Å². The molecule has 0 aliphatic carbocycles. The van der Waals surface area contributed by atoms with Crippen LogP contribution >= 0.6 is 11.6 Å². The number of methoxy groups -OCH3 is 1. The van der Waals surface area contributed by atoms with Crippen LogP contribution in [0, 0.1) is 11.2 Å². The van der Waals surface area contributed by atoms with Crippen LogP contribution in [0.25, 0.3) is 0 Å². The third kappa shape index (κ3) is 5.04. The Morgan fingerprint density at radius 3 is 2.55 bits per heavy atom. The predicted molar refractivity (Wildman–Crippen MR) is 82.9 cm³/mol. The summed E-state index contributed by atoms with van der Waals surface area (Å²) in [6.45, 7) is 6.85. The predicted octanol–water partition coefficient (Wildman–Crippen LogP) is 4.06. The summed E-state index contributed by atoms with van der Waals surface area (Å²) >= 11 is 6.15. The SMILES string of the molecule is CCC(CC)(CNCCOC)Cc1ccc(F)cc1Cl. The van der Waals surface area contributed by atoms with Crippen molar-refractivity contribution in [2.75, 3.05) is 26.8 Å². The van der Waals surface area contributed by atoms with Gasteiger partial charge in [0.15, 0.2) is 0 Å². The van der Waals surface area contributed by atoms with E-state index in [1.54, 1.807) is 13.2 Å². The Kier molecular flexibility index (Phi) is 7.49. The van der Waals surface area contributed by atoms with E-state index in [9.17, 15) is 4.39 Å². The van der Waals surface area contributed by atoms with E-state index in [0.29, 0.717) is 11.6 Å². The molecule has 0 radical (unpaired) electrons. The Bertz CT molecular complexity index is 407. The van der Waals surface area contributed by atoms with Crippen molar-refractivity contribution in [1.82, 2.24) is 5.32 Å². The lowest BCUT2D eigenvalue weighted by atomic mass is 9.77. The maximum atomic E-state index is 13.1. The van der Waals surface area contributed by atoms with Gasteiger partial charge in [-0.15, -0.1) is 0 Å². The molecule has 1 rings (SSSR count). The van der Waals surface area contributed by atoms with Crippen molar-refractivity contribution in [3.8, 4) is 0 Å². The van der Waals surface area contributed by atoms with Crippen LogP contribution in [0.15, 0.2) is 18.2 Å². The molecule has 0 aromatic heterocycles. The molecule has 0 spiro atoms. The second kappa shape index (κ2) is 8.60. The van der Waals surface area contributed by atoms with Gasteiger partial charge < -0.3 is 10.1 Å². The lowest BCUT2D eigenvalue weighted by Crippen LogP contribution is -2.36. The molecule has 0 aliphatic rings. The summed E-state index contributed by atoms with van der Waals surface area (Å²) in [4.78, 5) is 0. The normalized spacial score (nSPS) is 11.8. The summed E-state index contributed by atoms with van der Waals surface area (Å²) < 4.78 is 18.2. The zero-order valence-electron chi connectivity index (χ0n) is 12.6. The highest BCUT2D eigenvalue weighted by Gasteiger charge is 2.27. The molecule has 2 nitrogen and oxygen atoms in total. The van der Waals surface area contributed by atoms with Crippen LogP contribution in [0.3, 0.4) is 0 Å². The van der Waals surface area contributed by atoms with Crippen molar-refractivity contribution in [1.29, 1.82) is 0 Å². The topological polar surface area (TPSA) is 21.3 Å². The summed E-state index contributed by atoms with van der Waals surface area (Å²) in [5, 5.41) is 3.96. The van der Waals surface area contributed by atoms with Crippen LogP contribution in [0.5, 0.6) is 0 Å². The van der Waals surface area contributed by atoms with Crippen LogP contribution in [0.2, 0.25) is 5.02 Å². The maximum Gasteiger partial charge on any atom is 0.124 e. The monoisotopic (exact) mass is 301 g/mol. The van der Waals surface area contributed by atoms with E-state index < -0.39 is 0 Å². The fourth-order valence-corrected chi connectivity index (χ4v) is 2.64. The highest BCUT2D eigenvalue weighted by molar-refractivity contribution is 6.31. The minimum atomic E-state index is -0.282. The van der Waals surface area contributed by atoms with Crippen molar-refractivity contribution in [2.45, 2.75) is 33.1 Å². The van der Waals surface area contributed by atoms with Crippen LogP contribution in [0.1, 0.15) is 32.3 Å². The highest BCUT2D eigenvalue weighted by Crippen LogP contribution is 2.33. The number of benzene rings is 1. The lowest BCUT2D eigenvalue weighted by Gasteiger charge is -2.32. The summed E-state index contributed by atoms with van der Waals surface area (Å²) in [7, 11) is 1.70. The van der Waals surface area contributed by atoms with Gasteiger partial charge >= 0.3 is 0 Å². The zero-order valence-corrected chi connectivity index (χ0v) is 13.4. The summed E-state index contributed by atoms with van der Waals surface area (Å²) in [5.74, 6) is -0.282. The average molecular weight is 302 g/mol. The van der Waals surface area contributed by atoms with E-state index in [4.69, 9.17) is 16.3 Å². The smallest absolute Gasteiger partial charge is 0.124 e. The van der Waals surface area contributed by atoms with Crippen LogP contribution in [-0.4, -0.2) is 26.8 Å². The largest absolute Gasteiger partial charge is 0.383 e. The Morgan fingerprint density at radius 1 is 1.30 bits per heavy atom. The highest BCUT2D eigenvalue weighted by atomic mass is 35.5. The van der Waals surface area contributed by atoms with Crippen LogP contribution in [0.4, 0.5) is 4.39 Å². The number of hydrogen-bond acceptors (Lipinski definition) is 2. The molecule has 20 heavy (non-hydrogen) atoms. The fraction of sp³-hybridized carbons (Fsp3) is 0.625. The quantitative estimate of drug-likeness (QED) is 0.694. The molecular weight excluding hydrogens is 277 g/mol. The van der Waals surface area contributed by atoms with Gasteiger partial charge in [0.25, 0.3) is 0 Å². The van der Waals surface area contributed by atoms with E-state index >= 15 is 0 Å². The summed E-state index contributed by atoms with van der Waals surface area (Å²) in [6.07, 6.45) is 2.97. The molecule has 0 heterocycles. The molecule has 0 saturated carbocycles. The Hall–Kier alpha value is -0.640. The second-order valence-corrected chi connectivity index (χ2v) is 5.70. The zero-order chi connectivity index (χ0) is 15.0. The molecule has 114 valence electrons. The minimum Gasteiger partial charge on any atom is -0.383 e. The van der Waals surface area contributed by atoms with Gasteiger partial charge in [-0.2, -0.15) is 0 Å². The molecule has 0 unspecified atom stereocenters. The van der Waals surface area contributed by atoms with Crippen LogP contribution in [-0.2, 0) is 11.2 Å². The first kappa shape index (κ1) is 17.4. The first-order chi connectivity index (χ1) is 9.56. The van der Waals surface area contributed by atoms with Gasteiger partial charge in [-0.3, -0.25) is 0 Å². The molecule has 0 amide bonds. The molecule has 0 bridgehead atoms. The molecule has 0 saturated heterocycles. The fourth-order valence-electron chi connectivity index (χ4n) is 2.41. The maximum absolute atomic E-state index is 13.1. The number of nitrogens with one attached hydrogen (secondary N) is 1. The van der Waals surface area contributed by atoms with Crippen molar-refractivity contribution in [3.05, 3.63) is 34.6 Å². The van der Waals surface area contributed by atoms with Crippen molar-refractivity contribution >= 4 is 11.6 Å². The molecule has 4 heteroatoms. The van der Waals surface area contributed by atoms with E-state index in [1.165, 1.54) is 12.1 Å². The molecule has 1 N–H and O–H groups in total.